The molecule has 0 amide bonds. The van der Waals surface area contributed by atoms with Crippen LogP contribution < -0.4 is 0 Å². The molecule has 3 rings (SSSR count). The van der Waals surface area contributed by atoms with Crippen LogP contribution >= 0.6 is 0 Å². The maximum Gasteiger partial charge on any atom is 0.189 e. The fourth-order valence-corrected chi connectivity index (χ4v) is 3.86. The van der Waals surface area contributed by atoms with Crippen molar-refractivity contribution in [2.24, 2.45) is 9.98 Å². The van der Waals surface area contributed by atoms with Crippen LogP contribution in [0.25, 0.3) is 0 Å². The van der Waals surface area contributed by atoms with Crippen LogP contribution in [-0.4, -0.2) is 27.6 Å². The average Bonchev–Trinajstić information content (AvgIpc) is 2.81. The Morgan fingerprint density at radius 1 is 0.500 bits per heavy atom. The standard InChI is InChI=1S/C28H26F4N2Si2/c1-35(2,3)17-15-19-7-11-21(12-8-19)33-27-23(29)25(31)28(26(32)24(27)30)34-22-13-9-20(10-14-22)16-18-36(4,5)6/h7-14H,1-6H3. The lowest BCUT2D eigenvalue weighted by molar-refractivity contribution is 0.546. The molecule has 0 saturated heterocycles. The molecule has 0 radical (unpaired) electrons. The van der Waals surface area contributed by atoms with E-state index in [-0.39, 0.29) is 11.4 Å². The fourth-order valence-electron chi connectivity index (χ4n) is 2.82. The fraction of sp³-hybridized carbons (Fsp3) is 0.214. The van der Waals surface area contributed by atoms with E-state index in [4.69, 9.17) is 0 Å². The molecule has 1 aliphatic rings. The minimum absolute atomic E-state index is 0.129. The molecule has 184 valence electrons. The molecule has 8 heteroatoms. The van der Waals surface area contributed by atoms with E-state index in [1.165, 1.54) is 24.3 Å². The highest BCUT2D eigenvalue weighted by Crippen LogP contribution is 2.33. The predicted octanol–water partition coefficient (Wildman–Crippen LogP) is 8.30. The van der Waals surface area contributed by atoms with Crippen molar-refractivity contribution in [3.05, 3.63) is 83.0 Å². The Balaban J connectivity index is 1.91. The molecule has 0 spiro atoms. The van der Waals surface area contributed by atoms with E-state index in [2.05, 4.69) is 72.2 Å². The van der Waals surface area contributed by atoms with Crippen molar-refractivity contribution in [3.63, 3.8) is 0 Å². The van der Waals surface area contributed by atoms with Crippen molar-refractivity contribution in [1.82, 2.24) is 0 Å². The largest absolute Gasteiger partial charge is 0.243 e. The van der Waals surface area contributed by atoms with Crippen molar-refractivity contribution < 1.29 is 17.6 Å². The number of hydrogen-bond donors (Lipinski definition) is 0. The number of allylic oxidation sites excluding steroid dienone is 4. The molecular formula is C28H26F4N2Si2. The summed E-state index contributed by atoms with van der Waals surface area (Å²) in [5, 5.41) is 0. The zero-order valence-corrected chi connectivity index (χ0v) is 23.0. The summed E-state index contributed by atoms with van der Waals surface area (Å²) in [7, 11) is -3.14. The molecule has 0 N–H and O–H groups in total. The third-order valence-corrected chi connectivity index (χ3v) is 6.35. The van der Waals surface area contributed by atoms with E-state index in [1.807, 2.05) is 0 Å². The zero-order valence-electron chi connectivity index (χ0n) is 21.0. The third kappa shape index (κ3) is 7.27. The summed E-state index contributed by atoms with van der Waals surface area (Å²) < 4.78 is 58.9. The number of nitrogens with zero attached hydrogens (tertiary/aromatic N) is 2. The Bertz CT molecular complexity index is 1270. The van der Waals surface area contributed by atoms with Crippen LogP contribution in [-0.2, 0) is 0 Å². The van der Waals surface area contributed by atoms with Gasteiger partial charge in [0.05, 0.1) is 11.4 Å². The summed E-state index contributed by atoms with van der Waals surface area (Å²) in [4.78, 5) is 7.58. The van der Waals surface area contributed by atoms with Gasteiger partial charge in [-0.3, -0.25) is 0 Å². The van der Waals surface area contributed by atoms with Crippen LogP contribution in [0.4, 0.5) is 28.9 Å². The minimum Gasteiger partial charge on any atom is -0.243 e. The third-order valence-electron chi connectivity index (χ3n) is 4.60. The number of aliphatic imine (C=N–C) groups is 2. The lowest BCUT2D eigenvalue weighted by atomic mass is 10.1. The highest BCUT2D eigenvalue weighted by atomic mass is 28.3. The van der Waals surface area contributed by atoms with Gasteiger partial charge in [-0.15, -0.1) is 11.1 Å². The molecule has 2 aromatic rings. The minimum atomic E-state index is -1.62. The second kappa shape index (κ2) is 10.7. The van der Waals surface area contributed by atoms with Crippen molar-refractivity contribution >= 4 is 38.9 Å². The molecule has 2 aromatic carbocycles. The Morgan fingerprint density at radius 2 is 0.778 bits per heavy atom. The normalized spacial score (nSPS) is 14.2. The summed E-state index contributed by atoms with van der Waals surface area (Å²) in [6.45, 7) is 12.6. The smallest absolute Gasteiger partial charge is 0.189 e. The van der Waals surface area contributed by atoms with E-state index in [0.29, 0.717) is 11.1 Å². The molecule has 36 heavy (non-hydrogen) atoms. The molecule has 0 aromatic heterocycles. The molecule has 0 aliphatic heterocycles. The van der Waals surface area contributed by atoms with E-state index < -0.39 is 50.9 Å². The second-order valence-electron chi connectivity index (χ2n) is 10.3. The first-order valence-corrected chi connectivity index (χ1v) is 18.3. The molecule has 0 heterocycles. The Hall–Kier alpha value is -3.47. The quantitative estimate of drug-likeness (QED) is 0.164. The van der Waals surface area contributed by atoms with E-state index in [0.717, 1.165) is 0 Å². The van der Waals surface area contributed by atoms with Gasteiger partial charge in [-0.2, -0.15) is 0 Å². The van der Waals surface area contributed by atoms with Crippen LogP contribution in [0.3, 0.4) is 0 Å². The molecule has 2 nitrogen and oxygen atoms in total. The van der Waals surface area contributed by atoms with Gasteiger partial charge in [0.2, 0.25) is 0 Å². The summed E-state index contributed by atoms with van der Waals surface area (Å²) in [6, 6.07) is 12.5. The van der Waals surface area contributed by atoms with Gasteiger partial charge in [-0.1, -0.05) is 51.1 Å². The highest BCUT2D eigenvalue weighted by Gasteiger charge is 2.34. The summed E-state index contributed by atoms with van der Waals surface area (Å²) in [6.07, 6.45) is 0. The molecular weight excluding hydrogens is 496 g/mol. The predicted molar refractivity (Wildman–Crippen MR) is 146 cm³/mol. The highest BCUT2D eigenvalue weighted by molar-refractivity contribution is 6.84. The van der Waals surface area contributed by atoms with Gasteiger partial charge in [0.25, 0.3) is 0 Å². The van der Waals surface area contributed by atoms with Crippen molar-refractivity contribution in [1.29, 1.82) is 0 Å². The van der Waals surface area contributed by atoms with E-state index in [9.17, 15) is 17.6 Å². The Kier molecular flexibility index (Phi) is 8.03. The lowest BCUT2D eigenvalue weighted by Crippen LogP contribution is -2.17. The van der Waals surface area contributed by atoms with Crippen LogP contribution in [0.2, 0.25) is 39.3 Å². The van der Waals surface area contributed by atoms with Gasteiger partial charge in [0.1, 0.15) is 27.6 Å². The SMILES string of the molecule is C[Si](C)(C)C#Cc1ccc(N=C2C(F)=C(F)C(=Nc3ccc(C#C[Si](C)(C)C)cc3)C(F)=C2F)cc1. The van der Waals surface area contributed by atoms with E-state index in [1.54, 1.807) is 24.3 Å². The van der Waals surface area contributed by atoms with Gasteiger partial charge >= 0.3 is 0 Å². The maximum absolute atomic E-state index is 14.7. The van der Waals surface area contributed by atoms with Crippen LogP contribution in [0.15, 0.2) is 81.8 Å². The Morgan fingerprint density at radius 3 is 1.03 bits per heavy atom. The van der Waals surface area contributed by atoms with Gasteiger partial charge in [0, 0.05) is 11.1 Å². The van der Waals surface area contributed by atoms with Crippen molar-refractivity contribution in [2.75, 3.05) is 0 Å². The number of benzene rings is 2. The first-order valence-electron chi connectivity index (χ1n) is 11.3. The van der Waals surface area contributed by atoms with Crippen molar-refractivity contribution in [3.8, 4) is 22.9 Å². The lowest BCUT2D eigenvalue weighted by Gasteiger charge is -2.13. The van der Waals surface area contributed by atoms with Gasteiger partial charge in [-0.05, 0) is 48.5 Å². The number of halogens is 4. The van der Waals surface area contributed by atoms with Gasteiger partial charge in [0.15, 0.2) is 23.3 Å². The molecule has 0 atom stereocenters. The van der Waals surface area contributed by atoms with Crippen molar-refractivity contribution in [2.45, 2.75) is 39.3 Å². The average molecular weight is 523 g/mol. The van der Waals surface area contributed by atoms with Gasteiger partial charge in [-0.25, -0.2) is 27.5 Å². The molecule has 0 unspecified atom stereocenters. The Labute approximate surface area is 211 Å². The summed E-state index contributed by atoms with van der Waals surface area (Å²) in [5.41, 5.74) is 5.98. The summed E-state index contributed by atoms with van der Waals surface area (Å²) >= 11 is 0. The summed E-state index contributed by atoms with van der Waals surface area (Å²) in [5.74, 6) is -0.375. The van der Waals surface area contributed by atoms with Crippen LogP contribution in [0, 0.1) is 22.9 Å². The first kappa shape index (κ1) is 27.1. The zero-order chi connectivity index (χ0) is 26.7. The molecule has 0 saturated carbocycles. The molecule has 0 bridgehead atoms. The maximum atomic E-state index is 14.7. The second-order valence-corrected chi connectivity index (χ2v) is 19.8. The molecule has 0 fully saturated rings. The first-order chi connectivity index (χ1) is 16.7. The number of rotatable bonds is 2. The van der Waals surface area contributed by atoms with E-state index >= 15 is 0 Å². The van der Waals surface area contributed by atoms with Crippen LogP contribution in [0.1, 0.15) is 11.1 Å². The monoisotopic (exact) mass is 522 g/mol. The number of hydrogen-bond acceptors (Lipinski definition) is 2. The topological polar surface area (TPSA) is 24.7 Å². The molecule has 1 aliphatic carbocycles. The van der Waals surface area contributed by atoms with Crippen LogP contribution in [0.5, 0.6) is 0 Å². The van der Waals surface area contributed by atoms with Gasteiger partial charge < -0.3 is 0 Å².